The minimum Gasteiger partial charge on any atom is -0.448 e. The molecule has 13 heavy (non-hydrogen) atoms. The van der Waals surface area contributed by atoms with Gasteiger partial charge in [-0.1, -0.05) is 6.07 Å². The van der Waals surface area contributed by atoms with E-state index in [4.69, 9.17) is 10.2 Å². The van der Waals surface area contributed by atoms with E-state index in [-0.39, 0.29) is 0 Å². The van der Waals surface area contributed by atoms with E-state index in [0.717, 1.165) is 18.0 Å². The van der Waals surface area contributed by atoms with Crippen LogP contribution in [-0.4, -0.2) is 4.98 Å². The summed E-state index contributed by atoms with van der Waals surface area (Å²) in [7, 11) is 0. The van der Waals surface area contributed by atoms with Crippen LogP contribution in [0.2, 0.25) is 0 Å². The highest BCUT2D eigenvalue weighted by Gasteiger charge is 2.03. The first-order valence-corrected chi connectivity index (χ1v) is 4.92. The normalized spacial score (nSPS) is 10.5. The Hall–Kier alpha value is -1.13. The van der Waals surface area contributed by atoms with Crippen molar-refractivity contribution in [1.82, 2.24) is 4.98 Å². The van der Waals surface area contributed by atoms with Crippen molar-refractivity contribution >= 4 is 11.3 Å². The van der Waals surface area contributed by atoms with Gasteiger partial charge in [0.1, 0.15) is 6.26 Å². The third kappa shape index (κ3) is 1.96. The van der Waals surface area contributed by atoms with E-state index in [9.17, 15) is 0 Å². The van der Waals surface area contributed by atoms with Gasteiger partial charge in [-0.2, -0.15) is 0 Å². The van der Waals surface area contributed by atoms with Gasteiger partial charge in [-0.25, -0.2) is 4.98 Å². The van der Waals surface area contributed by atoms with Crippen LogP contribution in [0, 0.1) is 0 Å². The third-order valence-corrected chi connectivity index (χ3v) is 2.59. The van der Waals surface area contributed by atoms with Gasteiger partial charge in [0.05, 0.1) is 12.1 Å². The maximum absolute atomic E-state index is 5.42. The third-order valence-electron chi connectivity index (χ3n) is 1.71. The number of oxazole rings is 1. The number of aromatic nitrogens is 1. The molecule has 0 aliphatic carbocycles. The van der Waals surface area contributed by atoms with Crippen molar-refractivity contribution < 1.29 is 4.42 Å². The Balaban J connectivity index is 2.10. The van der Waals surface area contributed by atoms with Crippen molar-refractivity contribution in [2.24, 2.45) is 5.73 Å². The van der Waals surface area contributed by atoms with Gasteiger partial charge < -0.3 is 10.2 Å². The highest BCUT2D eigenvalue weighted by Crippen LogP contribution is 2.14. The average Bonchev–Trinajstić information content (AvgIpc) is 2.76. The second-order valence-electron chi connectivity index (χ2n) is 2.69. The number of hydrogen-bond acceptors (Lipinski definition) is 4. The molecule has 0 saturated carbocycles. The lowest BCUT2D eigenvalue weighted by atomic mass is 10.3. The Kier molecular flexibility index (Phi) is 2.42. The molecule has 0 bridgehead atoms. The van der Waals surface area contributed by atoms with Gasteiger partial charge in [0.25, 0.3) is 0 Å². The fourth-order valence-electron chi connectivity index (χ4n) is 1.09. The minimum atomic E-state index is 0.438. The quantitative estimate of drug-likeness (QED) is 0.810. The van der Waals surface area contributed by atoms with Crippen LogP contribution >= 0.6 is 11.3 Å². The Bertz CT molecular complexity index is 367. The van der Waals surface area contributed by atoms with E-state index in [1.54, 1.807) is 17.6 Å². The molecule has 0 aliphatic rings. The summed E-state index contributed by atoms with van der Waals surface area (Å²) in [4.78, 5) is 5.47. The second kappa shape index (κ2) is 3.72. The van der Waals surface area contributed by atoms with Crippen LogP contribution in [0.5, 0.6) is 0 Å². The first kappa shape index (κ1) is 8.47. The van der Waals surface area contributed by atoms with E-state index in [0.29, 0.717) is 6.54 Å². The summed E-state index contributed by atoms with van der Waals surface area (Å²) >= 11 is 1.70. The van der Waals surface area contributed by atoms with Crippen molar-refractivity contribution in [2.75, 3.05) is 0 Å². The van der Waals surface area contributed by atoms with Gasteiger partial charge in [-0.05, 0) is 11.4 Å². The molecule has 0 saturated heterocycles. The van der Waals surface area contributed by atoms with E-state index in [1.165, 1.54) is 4.88 Å². The summed E-state index contributed by atoms with van der Waals surface area (Å²) in [5, 5.41) is 2.04. The van der Waals surface area contributed by atoms with Crippen LogP contribution in [0.1, 0.15) is 16.5 Å². The molecule has 0 aromatic carbocycles. The maximum Gasteiger partial charge on any atom is 0.199 e. The number of rotatable bonds is 3. The molecule has 2 aromatic rings. The molecule has 0 spiro atoms. The summed E-state index contributed by atoms with van der Waals surface area (Å²) in [6.07, 6.45) is 2.38. The van der Waals surface area contributed by atoms with Gasteiger partial charge in [0.2, 0.25) is 0 Å². The van der Waals surface area contributed by atoms with Crippen molar-refractivity contribution in [3.05, 3.63) is 40.2 Å². The molecule has 68 valence electrons. The van der Waals surface area contributed by atoms with Gasteiger partial charge in [0.15, 0.2) is 5.89 Å². The van der Waals surface area contributed by atoms with E-state index >= 15 is 0 Å². The molecule has 2 heterocycles. The molecule has 2 N–H and O–H groups in total. The maximum atomic E-state index is 5.42. The Morgan fingerprint density at radius 2 is 2.46 bits per heavy atom. The van der Waals surface area contributed by atoms with Crippen LogP contribution in [0.3, 0.4) is 0 Å². The number of nitrogens with two attached hydrogens (primary N) is 1. The van der Waals surface area contributed by atoms with Crippen LogP contribution in [0.15, 0.2) is 28.2 Å². The summed E-state index contributed by atoms with van der Waals surface area (Å²) in [5.41, 5.74) is 6.23. The molecular formula is C9H10N2OS. The van der Waals surface area contributed by atoms with Gasteiger partial charge in [0, 0.05) is 11.4 Å². The van der Waals surface area contributed by atoms with Crippen molar-refractivity contribution in [1.29, 1.82) is 0 Å². The number of hydrogen-bond donors (Lipinski definition) is 1. The highest BCUT2D eigenvalue weighted by atomic mass is 32.1. The molecule has 0 radical (unpaired) electrons. The van der Waals surface area contributed by atoms with Crippen LogP contribution in [-0.2, 0) is 13.0 Å². The molecule has 0 unspecified atom stereocenters. The summed E-state index contributed by atoms with van der Waals surface area (Å²) in [6, 6.07) is 4.09. The monoisotopic (exact) mass is 194 g/mol. The minimum absolute atomic E-state index is 0.438. The molecule has 2 rings (SSSR count). The molecule has 0 atom stereocenters. The fourth-order valence-corrected chi connectivity index (χ4v) is 1.78. The molecule has 4 heteroatoms. The van der Waals surface area contributed by atoms with Gasteiger partial charge in [-0.15, -0.1) is 11.3 Å². The Morgan fingerprint density at radius 3 is 3.08 bits per heavy atom. The number of nitrogens with zero attached hydrogens (tertiary/aromatic N) is 1. The topological polar surface area (TPSA) is 52.0 Å². The lowest BCUT2D eigenvalue weighted by Gasteiger charge is -1.89. The van der Waals surface area contributed by atoms with E-state index in [2.05, 4.69) is 11.1 Å². The fraction of sp³-hybridized carbons (Fsp3) is 0.222. The second-order valence-corrected chi connectivity index (χ2v) is 3.73. The molecule has 0 fully saturated rings. The van der Waals surface area contributed by atoms with Crippen molar-refractivity contribution in [2.45, 2.75) is 13.0 Å². The van der Waals surface area contributed by atoms with Crippen LogP contribution in [0.4, 0.5) is 0 Å². The lowest BCUT2D eigenvalue weighted by Crippen LogP contribution is -1.96. The van der Waals surface area contributed by atoms with Gasteiger partial charge >= 0.3 is 0 Å². The van der Waals surface area contributed by atoms with E-state index in [1.807, 2.05) is 11.4 Å². The molecule has 3 nitrogen and oxygen atoms in total. The lowest BCUT2D eigenvalue weighted by molar-refractivity contribution is 0.507. The van der Waals surface area contributed by atoms with Crippen LogP contribution < -0.4 is 5.73 Å². The Morgan fingerprint density at radius 1 is 1.54 bits per heavy atom. The summed E-state index contributed by atoms with van der Waals surface area (Å²) < 4.78 is 5.24. The zero-order valence-corrected chi connectivity index (χ0v) is 7.88. The highest BCUT2D eigenvalue weighted by molar-refractivity contribution is 7.09. The van der Waals surface area contributed by atoms with Crippen molar-refractivity contribution in [3.63, 3.8) is 0 Å². The SMILES string of the molecule is NCc1coc(Cc2cccs2)n1. The smallest absolute Gasteiger partial charge is 0.199 e. The molecular weight excluding hydrogens is 184 g/mol. The standard InChI is InChI=1S/C9H10N2OS/c10-5-7-6-12-9(11-7)4-8-2-1-3-13-8/h1-3,6H,4-5,10H2. The molecule has 2 aromatic heterocycles. The predicted molar refractivity (Wildman–Crippen MR) is 51.5 cm³/mol. The average molecular weight is 194 g/mol. The van der Waals surface area contributed by atoms with Crippen LogP contribution in [0.25, 0.3) is 0 Å². The zero-order chi connectivity index (χ0) is 9.10. The largest absolute Gasteiger partial charge is 0.448 e. The summed E-state index contributed by atoms with van der Waals surface area (Å²) in [6.45, 7) is 0.438. The molecule has 0 aliphatic heterocycles. The number of thiophene rings is 1. The molecule has 0 amide bonds. The van der Waals surface area contributed by atoms with Gasteiger partial charge in [-0.3, -0.25) is 0 Å². The van der Waals surface area contributed by atoms with Crippen molar-refractivity contribution in [3.8, 4) is 0 Å². The first-order valence-electron chi connectivity index (χ1n) is 4.04. The Labute approximate surface area is 80.2 Å². The first-order chi connectivity index (χ1) is 6.38. The zero-order valence-electron chi connectivity index (χ0n) is 7.06. The summed E-state index contributed by atoms with van der Waals surface area (Å²) in [5.74, 6) is 0.739. The van der Waals surface area contributed by atoms with E-state index < -0.39 is 0 Å². The predicted octanol–water partition coefficient (Wildman–Crippen LogP) is 1.79.